The number of ether oxygens (including phenoxy) is 1. The molecule has 1 aromatic heterocycles. The maximum Gasteiger partial charge on any atom is 0.240 e. The zero-order valence-corrected chi connectivity index (χ0v) is 12.1. The molecule has 0 aromatic carbocycles. The molecule has 0 radical (unpaired) electrons. The van der Waals surface area contributed by atoms with Gasteiger partial charge in [-0.25, -0.2) is 0 Å². The van der Waals surface area contributed by atoms with E-state index in [9.17, 15) is 4.79 Å². The molecule has 0 saturated carbocycles. The number of carbonyl (C=O) groups is 1. The number of rotatable bonds is 7. The van der Waals surface area contributed by atoms with E-state index in [0.717, 1.165) is 4.88 Å². The summed E-state index contributed by atoms with van der Waals surface area (Å²) in [4.78, 5) is 15.2. The molecule has 18 heavy (non-hydrogen) atoms. The van der Waals surface area contributed by atoms with Crippen molar-refractivity contribution in [3.8, 4) is 0 Å². The molecule has 2 N–H and O–H groups in total. The lowest BCUT2D eigenvalue weighted by Crippen LogP contribution is -2.47. The highest BCUT2D eigenvalue weighted by Crippen LogP contribution is 2.13. The van der Waals surface area contributed by atoms with Crippen LogP contribution in [0, 0.1) is 5.92 Å². The van der Waals surface area contributed by atoms with Crippen molar-refractivity contribution in [2.45, 2.75) is 26.4 Å². The first-order valence-electron chi connectivity index (χ1n) is 6.12. The molecule has 0 aliphatic rings. The van der Waals surface area contributed by atoms with Crippen LogP contribution in [0.4, 0.5) is 0 Å². The third-order valence-corrected chi connectivity index (χ3v) is 3.67. The third kappa shape index (κ3) is 4.40. The summed E-state index contributed by atoms with van der Waals surface area (Å²) in [5.41, 5.74) is 5.93. The summed E-state index contributed by atoms with van der Waals surface area (Å²) < 4.78 is 5.05. The molecule has 5 heteroatoms. The third-order valence-electron chi connectivity index (χ3n) is 2.81. The van der Waals surface area contributed by atoms with Crippen LogP contribution >= 0.6 is 11.3 Å². The minimum atomic E-state index is -0.443. The minimum Gasteiger partial charge on any atom is -0.383 e. The highest BCUT2D eigenvalue weighted by Gasteiger charge is 2.23. The molecule has 1 amide bonds. The Hall–Kier alpha value is -0.910. The average molecular weight is 270 g/mol. The lowest BCUT2D eigenvalue weighted by molar-refractivity contribution is -0.134. The second-order valence-corrected chi connectivity index (χ2v) is 5.63. The van der Waals surface area contributed by atoms with Crippen LogP contribution in [-0.4, -0.2) is 37.1 Å². The van der Waals surface area contributed by atoms with Gasteiger partial charge in [0.2, 0.25) is 5.91 Å². The van der Waals surface area contributed by atoms with Crippen molar-refractivity contribution in [3.05, 3.63) is 22.4 Å². The van der Waals surface area contributed by atoms with Crippen molar-refractivity contribution < 1.29 is 9.53 Å². The number of thiophene rings is 1. The molecular weight excluding hydrogens is 248 g/mol. The number of methoxy groups -OCH3 is 1. The number of nitrogens with two attached hydrogens (primary N) is 1. The van der Waals surface area contributed by atoms with E-state index in [4.69, 9.17) is 10.5 Å². The van der Waals surface area contributed by atoms with Crippen LogP contribution in [-0.2, 0) is 16.1 Å². The molecule has 0 bridgehead atoms. The molecule has 1 aromatic rings. The van der Waals surface area contributed by atoms with Crippen molar-refractivity contribution in [1.82, 2.24) is 4.90 Å². The van der Waals surface area contributed by atoms with Gasteiger partial charge in [-0.2, -0.15) is 0 Å². The van der Waals surface area contributed by atoms with Crippen molar-refractivity contribution in [1.29, 1.82) is 0 Å². The van der Waals surface area contributed by atoms with Gasteiger partial charge < -0.3 is 15.4 Å². The standard InChI is InChI=1S/C13H22N2O2S/c1-10(2)12(14)13(16)15(6-7-17-3)9-11-5-4-8-18-11/h4-5,8,10,12H,6-7,9,14H2,1-3H3/t12-/m0/s1. The fraction of sp³-hybridized carbons (Fsp3) is 0.615. The van der Waals surface area contributed by atoms with Gasteiger partial charge in [-0.1, -0.05) is 19.9 Å². The second-order valence-electron chi connectivity index (χ2n) is 4.60. The van der Waals surface area contributed by atoms with E-state index in [0.29, 0.717) is 19.7 Å². The van der Waals surface area contributed by atoms with Crippen LogP contribution in [0.3, 0.4) is 0 Å². The average Bonchev–Trinajstić information content (AvgIpc) is 2.85. The van der Waals surface area contributed by atoms with Crippen molar-refractivity contribution in [2.75, 3.05) is 20.3 Å². The largest absolute Gasteiger partial charge is 0.383 e. The van der Waals surface area contributed by atoms with E-state index in [2.05, 4.69) is 0 Å². The minimum absolute atomic E-state index is 0.00421. The maximum absolute atomic E-state index is 12.3. The number of nitrogens with zero attached hydrogens (tertiary/aromatic N) is 1. The van der Waals surface area contributed by atoms with Crippen molar-refractivity contribution >= 4 is 17.2 Å². The van der Waals surface area contributed by atoms with Gasteiger partial charge in [-0.3, -0.25) is 4.79 Å². The van der Waals surface area contributed by atoms with Crippen molar-refractivity contribution in [2.24, 2.45) is 11.7 Å². The van der Waals surface area contributed by atoms with E-state index in [1.165, 1.54) is 0 Å². The Balaban J connectivity index is 2.68. The molecule has 102 valence electrons. The van der Waals surface area contributed by atoms with Crippen molar-refractivity contribution in [3.63, 3.8) is 0 Å². The Bertz CT molecular complexity index is 352. The molecule has 0 fully saturated rings. The van der Waals surface area contributed by atoms with E-state index in [-0.39, 0.29) is 11.8 Å². The van der Waals surface area contributed by atoms with Gasteiger partial charge in [-0.15, -0.1) is 11.3 Å². The first-order valence-corrected chi connectivity index (χ1v) is 7.00. The van der Waals surface area contributed by atoms with Crippen LogP contribution in [0.5, 0.6) is 0 Å². The first kappa shape index (κ1) is 15.1. The van der Waals surface area contributed by atoms with Gasteiger partial charge >= 0.3 is 0 Å². The highest BCUT2D eigenvalue weighted by molar-refractivity contribution is 7.09. The molecule has 0 saturated heterocycles. The number of carbonyl (C=O) groups excluding carboxylic acids is 1. The SMILES string of the molecule is COCCN(Cc1cccs1)C(=O)[C@@H](N)C(C)C. The molecule has 4 nitrogen and oxygen atoms in total. The Morgan fingerprint density at radius 2 is 2.28 bits per heavy atom. The summed E-state index contributed by atoms with van der Waals surface area (Å²) in [6.07, 6.45) is 0. The molecule has 1 rings (SSSR count). The zero-order valence-electron chi connectivity index (χ0n) is 11.3. The summed E-state index contributed by atoms with van der Waals surface area (Å²) in [5, 5.41) is 2.01. The van der Waals surface area contributed by atoms with E-state index in [1.54, 1.807) is 23.3 Å². The van der Waals surface area contributed by atoms with E-state index >= 15 is 0 Å². The highest BCUT2D eigenvalue weighted by atomic mass is 32.1. The molecular formula is C13H22N2O2S. The number of hydrogen-bond acceptors (Lipinski definition) is 4. The molecule has 0 aliphatic carbocycles. The summed E-state index contributed by atoms with van der Waals surface area (Å²) in [5.74, 6) is 0.140. The Morgan fingerprint density at radius 3 is 2.78 bits per heavy atom. The number of amides is 1. The topological polar surface area (TPSA) is 55.6 Å². The molecule has 0 spiro atoms. The smallest absolute Gasteiger partial charge is 0.240 e. The summed E-state index contributed by atoms with van der Waals surface area (Å²) in [7, 11) is 1.64. The number of hydrogen-bond donors (Lipinski definition) is 1. The monoisotopic (exact) mass is 270 g/mol. The van der Waals surface area contributed by atoms with Crippen LogP contribution in [0.15, 0.2) is 17.5 Å². The van der Waals surface area contributed by atoms with Gasteiger partial charge in [0.05, 0.1) is 19.2 Å². The normalized spacial score (nSPS) is 12.7. The molecule has 0 unspecified atom stereocenters. The Kier molecular flexibility index (Phi) is 6.32. The molecule has 1 heterocycles. The van der Waals surface area contributed by atoms with Gasteiger partial charge in [0, 0.05) is 18.5 Å². The summed E-state index contributed by atoms with van der Waals surface area (Å²) >= 11 is 1.65. The Morgan fingerprint density at radius 1 is 1.56 bits per heavy atom. The lowest BCUT2D eigenvalue weighted by Gasteiger charge is -2.26. The second kappa shape index (κ2) is 7.51. The maximum atomic E-state index is 12.3. The first-order chi connectivity index (χ1) is 8.56. The summed E-state index contributed by atoms with van der Waals surface area (Å²) in [6.45, 7) is 5.64. The lowest BCUT2D eigenvalue weighted by atomic mass is 10.0. The molecule has 0 aliphatic heterocycles. The van der Waals surface area contributed by atoms with Gasteiger partial charge in [0.15, 0.2) is 0 Å². The van der Waals surface area contributed by atoms with Crippen LogP contribution in [0.1, 0.15) is 18.7 Å². The van der Waals surface area contributed by atoms with Crippen LogP contribution in [0.25, 0.3) is 0 Å². The Labute approximate surface area is 113 Å². The predicted molar refractivity (Wildman–Crippen MR) is 74.4 cm³/mol. The fourth-order valence-electron chi connectivity index (χ4n) is 1.56. The predicted octanol–water partition coefficient (Wildman–Crippen LogP) is 1.71. The van der Waals surface area contributed by atoms with Gasteiger partial charge in [-0.05, 0) is 17.4 Å². The summed E-state index contributed by atoms with van der Waals surface area (Å²) in [6, 6.07) is 3.57. The van der Waals surface area contributed by atoms with Crippen LogP contribution < -0.4 is 5.73 Å². The fourth-order valence-corrected chi connectivity index (χ4v) is 2.27. The quantitative estimate of drug-likeness (QED) is 0.820. The van der Waals surface area contributed by atoms with E-state index < -0.39 is 6.04 Å². The molecule has 1 atom stereocenters. The van der Waals surface area contributed by atoms with Gasteiger partial charge in [0.25, 0.3) is 0 Å². The van der Waals surface area contributed by atoms with Gasteiger partial charge in [0.1, 0.15) is 0 Å². The zero-order chi connectivity index (χ0) is 13.5. The van der Waals surface area contributed by atoms with Crippen LogP contribution in [0.2, 0.25) is 0 Å². The van der Waals surface area contributed by atoms with E-state index in [1.807, 2.05) is 31.4 Å².